The molecule has 3 rings (SSSR count). The van der Waals surface area contributed by atoms with Crippen LogP contribution in [0, 0.1) is 5.92 Å². The number of hydrogen-bond acceptors (Lipinski definition) is 2. The van der Waals surface area contributed by atoms with Gasteiger partial charge in [-0.3, -0.25) is 9.69 Å². The van der Waals surface area contributed by atoms with E-state index in [1.165, 1.54) is 24.0 Å². The number of benzene rings is 1. The van der Waals surface area contributed by atoms with Crippen molar-refractivity contribution in [1.29, 1.82) is 0 Å². The Morgan fingerprint density at radius 1 is 1.16 bits per heavy atom. The normalized spacial score (nSPS) is 24.5. The molecule has 1 heterocycles. The summed E-state index contributed by atoms with van der Waals surface area (Å²) >= 11 is 0. The summed E-state index contributed by atoms with van der Waals surface area (Å²) in [6.07, 6.45) is 6.27. The van der Waals surface area contributed by atoms with Crippen LogP contribution in [0.1, 0.15) is 31.2 Å². The molecule has 100 valence electrons. The maximum Gasteiger partial charge on any atom is 0.155 e. The summed E-state index contributed by atoms with van der Waals surface area (Å²) in [4.78, 5) is 14.1. The molecule has 0 N–H and O–H groups in total. The van der Waals surface area contributed by atoms with Gasteiger partial charge in [-0.25, -0.2) is 0 Å². The van der Waals surface area contributed by atoms with Crippen LogP contribution in [0.2, 0.25) is 0 Å². The van der Waals surface area contributed by atoms with E-state index in [1.807, 2.05) is 6.08 Å². The molecule has 19 heavy (non-hydrogen) atoms. The van der Waals surface area contributed by atoms with E-state index >= 15 is 0 Å². The van der Waals surface area contributed by atoms with Crippen LogP contribution < -0.4 is 0 Å². The first-order valence-corrected chi connectivity index (χ1v) is 7.31. The van der Waals surface area contributed by atoms with E-state index in [1.54, 1.807) is 0 Å². The monoisotopic (exact) mass is 255 g/mol. The van der Waals surface area contributed by atoms with E-state index < -0.39 is 0 Å². The van der Waals surface area contributed by atoms with Gasteiger partial charge < -0.3 is 0 Å². The lowest BCUT2D eigenvalue weighted by Crippen LogP contribution is -2.27. The van der Waals surface area contributed by atoms with Crippen LogP contribution in [0.15, 0.2) is 42.0 Å². The van der Waals surface area contributed by atoms with Crippen LogP contribution in [0.5, 0.6) is 0 Å². The number of carbonyl (C=O) groups is 1. The number of nitrogens with zero attached hydrogens (tertiary/aromatic N) is 1. The largest absolute Gasteiger partial charge is 0.295 e. The minimum Gasteiger partial charge on any atom is -0.295 e. The lowest BCUT2D eigenvalue weighted by atomic mass is 9.85. The molecule has 0 spiro atoms. The van der Waals surface area contributed by atoms with Gasteiger partial charge in [-0.15, -0.1) is 0 Å². The van der Waals surface area contributed by atoms with Crippen molar-refractivity contribution in [2.24, 2.45) is 5.92 Å². The lowest BCUT2D eigenvalue weighted by molar-refractivity contribution is -0.115. The summed E-state index contributed by atoms with van der Waals surface area (Å²) < 4.78 is 0. The van der Waals surface area contributed by atoms with Gasteiger partial charge in [0, 0.05) is 19.5 Å². The van der Waals surface area contributed by atoms with Crippen LogP contribution >= 0.6 is 0 Å². The summed E-state index contributed by atoms with van der Waals surface area (Å²) in [6, 6.07) is 10.6. The van der Waals surface area contributed by atoms with Crippen molar-refractivity contribution < 1.29 is 4.79 Å². The van der Waals surface area contributed by atoms with E-state index in [0.29, 0.717) is 11.7 Å². The van der Waals surface area contributed by atoms with Gasteiger partial charge in [-0.2, -0.15) is 0 Å². The van der Waals surface area contributed by atoms with Crippen molar-refractivity contribution in [2.45, 2.75) is 32.2 Å². The third-order valence-corrected chi connectivity index (χ3v) is 4.29. The molecule has 1 saturated heterocycles. The second-order valence-corrected chi connectivity index (χ2v) is 5.76. The molecule has 0 radical (unpaired) electrons. The van der Waals surface area contributed by atoms with Crippen LogP contribution in [0.3, 0.4) is 0 Å². The SMILES string of the molecule is O=C1C=C2CN(Cc3ccccc3)CCCC2CC1. The number of fused-ring (bicyclic) bond motifs is 1. The van der Waals surface area contributed by atoms with Crippen LogP contribution in [-0.4, -0.2) is 23.8 Å². The van der Waals surface area contributed by atoms with Crippen LogP contribution in [0.25, 0.3) is 0 Å². The third-order valence-electron chi connectivity index (χ3n) is 4.29. The second kappa shape index (κ2) is 5.70. The van der Waals surface area contributed by atoms with Gasteiger partial charge in [0.15, 0.2) is 5.78 Å². The van der Waals surface area contributed by atoms with Gasteiger partial charge in [-0.05, 0) is 48.9 Å². The zero-order valence-corrected chi connectivity index (χ0v) is 11.3. The smallest absolute Gasteiger partial charge is 0.155 e. The maximum absolute atomic E-state index is 11.6. The molecule has 1 aliphatic heterocycles. The fraction of sp³-hybridized carbons (Fsp3) is 0.471. The molecule has 1 aliphatic carbocycles. The molecule has 0 saturated carbocycles. The minimum absolute atomic E-state index is 0.327. The molecular weight excluding hydrogens is 234 g/mol. The molecule has 1 fully saturated rings. The quantitative estimate of drug-likeness (QED) is 0.809. The summed E-state index contributed by atoms with van der Waals surface area (Å²) in [6.45, 7) is 3.13. The van der Waals surface area contributed by atoms with Gasteiger partial charge in [0.05, 0.1) is 0 Å². The molecular formula is C17H21NO. The highest BCUT2D eigenvalue weighted by atomic mass is 16.1. The molecule has 0 amide bonds. The van der Waals surface area contributed by atoms with Gasteiger partial charge >= 0.3 is 0 Å². The number of carbonyl (C=O) groups excluding carboxylic acids is 1. The summed E-state index contributed by atoms with van der Waals surface area (Å²) in [5.74, 6) is 0.992. The first-order chi connectivity index (χ1) is 9.31. The number of hydrogen-bond donors (Lipinski definition) is 0. The predicted molar refractivity (Wildman–Crippen MR) is 76.8 cm³/mol. The Kier molecular flexibility index (Phi) is 3.79. The minimum atomic E-state index is 0.327. The highest BCUT2D eigenvalue weighted by Gasteiger charge is 2.25. The molecule has 1 unspecified atom stereocenters. The number of rotatable bonds is 2. The number of ketones is 1. The summed E-state index contributed by atoms with van der Waals surface area (Å²) in [5, 5.41) is 0. The highest BCUT2D eigenvalue weighted by Crippen LogP contribution is 2.30. The lowest BCUT2D eigenvalue weighted by Gasteiger charge is -2.25. The van der Waals surface area contributed by atoms with Crippen LogP contribution in [-0.2, 0) is 11.3 Å². The maximum atomic E-state index is 11.6. The van der Waals surface area contributed by atoms with Crippen molar-refractivity contribution >= 4 is 5.78 Å². The van der Waals surface area contributed by atoms with E-state index in [-0.39, 0.29) is 0 Å². The average molecular weight is 255 g/mol. The molecule has 0 bridgehead atoms. The number of likely N-dealkylation sites (tertiary alicyclic amines) is 1. The van der Waals surface area contributed by atoms with Crippen molar-refractivity contribution in [3.05, 3.63) is 47.5 Å². The molecule has 2 nitrogen and oxygen atoms in total. The summed E-state index contributed by atoms with van der Waals surface area (Å²) in [5.41, 5.74) is 2.74. The van der Waals surface area contributed by atoms with E-state index in [2.05, 4.69) is 35.2 Å². The van der Waals surface area contributed by atoms with Gasteiger partial charge in [-0.1, -0.05) is 30.3 Å². The Bertz CT molecular complexity index is 477. The van der Waals surface area contributed by atoms with Crippen molar-refractivity contribution in [3.63, 3.8) is 0 Å². The van der Waals surface area contributed by atoms with Gasteiger partial charge in [0.1, 0.15) is 0 Å². The Labute approximate surface area is 115 Å². The third kappa shape index (κ3) is 3.13. The zero-order chi connectivity index (χ0) is 13.1. The van der Waals surface area contributed by atoms with Gasteiger partial charge in [0.25, 0.3) is 0 Å². The van der Waals surface area contributed by atoms with Crippen LogP contribution in [0.4, 0.5) is 0 Å². The first kappa shape index (κ1) is 12.6. The Morgan fingerprint density at radius 3 is 2.84 bits per heavy atom. The fourth-order valence-corrected chi connectivity index (χ4v) is 3.28. The van der Waals surface area contributed by atoms with Crippen molar-refractivity contribution in [1.82, 2.24) is 4.90 Å². The second-order valence-electron chi connectivity index (χ2n) is 5.76. The van der Waals surface area contributed by atoms with Crippen molar-refractivity contribution in [3.8, 4) is 0 Å². The molecule has 1 aromatic carbocycles. The topological polar surface area (TPSA) is 20.3 Å². The van der Waals surface area contributed by atoms with Crippen molar-refractivity contribution in [2.75, 3.05) is 13.1 Å². The van der Waals surface area contributed by atoms with E-state index in [9.17, 15) is 4.79 Å². The molecule has 2 aliphatic rings. The average Bonchev–Trinajstić information content (AvgIpc) is 2.61. The Morgan fingerprint density at radius 2 is 2.00 bits per heavy atom. The van der Waals surface area contributed by atoms with E-state index in [0.717, 1.165) is 32.5 Å². The number of allylic oxidation sites excluding steroid dienone is 1. The van der Waals surface area contributed by atoms with E-state index in [4.69, 9.17) is 0 Å². The molecule has 2 heteroatoms. The molecule has 0 aromatic heterocycles. The Balaban J connectivity index is 1.72. The molecule has 1 aromatic rings. The fourth-order valence-electron chi connectivity index (χ4n) is 3.28. The van der Waals surface area contributed by atoms with Gasteiger partial charge in [0.2, 0.25) is 0 Å². The standard InChI is InChI=1S/C17H21NO/c19-17-9-8-15-7-4-10-18(13-16(15)11-17)12-14-5-2-1-3-6-14/h1-3,5-6,11,15H,4,7-10,12-13H2. The highest BCUT2D eigenvalue weighted by molar-refractivity contribution is 5.91. The predicted octanol–water partition coefficient (Wildman–Crippen LogP) is 3.19. The first-order valence-electron chi connectivity index (χ1n) is 7.31. The Hall–Kier alpha value is -1.41. The summed E-state index contributed by atoms with van der Waals surface area (Å²) in [7, 11) is 0. The molecule has 1 atom stereocenters. The zero-order valence-electron chi connectivity index (χ0n) is 11.3.